The second-order valence-electron chi connectivity index (χ2n) is 4.45. The summed E-state index contributed by atoms with van der Waals surface area (Å²) in [6.07, 6.45) is 1.47. The summed E-state index contributed by atoms with van der Waals surface area (Å²) < 4.78 is 12.8. The summed E-state index contributed by atoms with van der Waals surface area (Å²) >= 11 is 0. The van der Waals surface area contributed by atoms with Crippen molar-refractivity contribution in [2.24, 2.45) is 5.73 Å². The first-order chi connectivity index (χ1) is 9.04. The maximum absolute atomic E-state index is 12.8. The van der Waals surface area contributed by atoms with E-state index in [1.807, 2.05) is 6.07 Å². The Balaban J connectivity index is 2.11. The molecule has 4 heteroatoms. The van der Waals surface area contributed by atoms with E-state index in [9.17, 15) is 9.18 Å². The predicted octanol–water partition coefficient (Wildman–Crippen LogP) is 2.29. The smallest absolute Gasteiger partial charge is 0.248 e. The molecule has 0 radical (unpaired) electrons. The minimum atomic E-state index is -0.490. The van der Waals surface area contributed by atoms with E-state index in [1.54, 1.807) is 24.3 Å². The van der Waals surface area contributed by atoms with E-state index in [2.05, 4.69) is 0 Å². The number of nitrogen functional groups attached to an aromatic ring is 1. The zero-order valence-electron chi connectivity index (χ0n) is 10.4. The highest BCUT2D eigenvalue weighted by molar-refractivity contribution is 5.93. The van der Waals surface area contributed by atoms with Crippen molar-refractivity contribution in [2.75, 3.05) is 5.73 Å². The minimum Gasteiger partial charge on any atom is -0.399 e. The summed E-state index contributed by atoms with van der Waals surface area (Å²) in [6, 6.07) is 11.5. The molecule has 0 unspecified atom stereocenters. The van der Waals surface area contributed by atoms with Crippen molar-refractivity contribution in [1.82, 2.24) is 0 Å². The Morgan fingerprint density at radius 1 is 1.00 bits per heavy atom. The average Bonchev–Trinajstić information content (AvgIpc) is 2.37. The van der Waals surface area contributed by atoms with Crippen molar-refractivity contribution in [3.05, 3.63) is 65.0 Å². The molecule has 0 saturated carbocycles. The highest BCUT2D eigenvalue weighted by atomic mass is 19.1. The van der Waals surface area contributed by atoms with E-state index in [1.165, 1.54) is 12.1 Å². The Hall–Kier alpha value is -2.36. The molecule has 2 aromatic carbocycles. The molecule has 3 nitrogen and oxygen atoms in total. The van der Waals surface area contributed by atoms with E-state index >= 15 is 0 Å². The number of benzene rings is 2. The summed E-state index contributed by atoms with van der Waals surface area (Å²) in [5, 5.41) is 0. The van der Waals surface area contributed by atoms with Gasteiger partial charge in [0.05, 0.1) is 0 Å². The molecule has 1 amide bonds. The zero-order chi connectivity index (χ0) is 13.8. The average molecular weight is 258 g/mol. The number of primary amides is 1. The summed E-state index contributed by atoms with van der Waals surface area (Å²) in [7, 11) is 0. The van der Waals surface area contributed by atoms with E-state index < -0.39 is 5.91 Å². The predicted molar refractivity (Wildman–Crippen MR) is 73.2 cm³/mol. The van der Waals surface area contributed by atoms with Gasteiger partial charge in [-0.1, -0.05) is 12.1 Å². The molecule has 0 bridgehead atoms. The number of nitrogens with two attached hydrogens (primary N) is 2. The highest BCUT2D eigenvalue weighted by Gasteiger charge is 2.04. The molecule has 4 N–H and O–H groups in total. The van der Waals surface area contributed by atoms with Gasteiger partial charge in [0, 0.05) is 11.3 Å². The number of carbonyl (C=O) groups excluding carboxylic acids is 1. The normalized spacial score (nSPS) is 10.4. The molecule has 2 rings (SSSR count). The number of carbonyl (C=O) groups is 1. The second kappa shape index (κ2) is 5.52. The fraction of sp³-hybridized carbons (Fsp3) is 0.133. The standard InChI is InChI=1S/C15H15FN2O/c16-13-5-3-10(4-6-13)1-2-11-7-12(15(18)19)9-14(17)8-11/h3-9H,1-2,17H2,(H2,18,19). The van der Waals surface area contributed by atoms with E-state index in [-0.39, 0.29) is 5.82 Å². The number of amides is 1. The zero-order valence-corrected chi connectivity index (χ0v) is 10.4. The van der Waals surface area contributed by atoms with Gasteiger partial charge in [-0.15, -0.1) is 0 Å². The first kappa shape index (κ1) is 13.1. The lowest BCUT2D eigenvalue weighted by Gasteiger charge is -2.06. The van der Waals surface area contributed by atoms with Crippen molar-refractivity contribution in [2.45, 2.75) is 12.8 Å². The van der Waals surface area contributed by atoms with Crippen LogP contribution < -0.4 is 11.5 Å². The summed E-state index contributed by atoms with van der Waals surface area (Å²) in [5.41, 5.74) is 13.9. The van der Waals surface area contributed by atoms with Gasteiger partial charge in [0.2, 0.25) is 5.91 Å². The number of anilines is 1. The van der Waals surface area contributed by atoms with Gasteiger partial charge in [-0.2, -0.15) is 0 Å². The van der Waals surface area contributed by atoms with Crippen molar-refractivity contribution in [3.8, 4) is 0 Å². The molecule has 0 heterocycles. The fourth-order valence-electron chi connectivity index (χ4n) is 1.94. The molecule has 0 fully saturated rings. The summed E-state index contributed by atoms with van der Waals surface area (Å²) in [4.78, 5) is 11.1. The van der Waals surface area contributed by atoms with Gasteiger partial charge in [-0.3, -0.25) is 4.79 Å². The van der Waals surface area contributed by atoms with Gasteiger partial charge in [0.25, 0.3) is 0 Å². The van der Waals surface area contributed by atoms with Crippen molar-refractivity contribution in [3.63, 3.8) is 0 Å². The fourth-order valence-corrected chi connectivity index (χ4v) is 1.94. The van der Waals surface area contributed by atoms with E-state index in [0.717, 1.165) is 24.0 Å². The van der Waals surface area contributed by atoms with Crippen LogP contribution in [0, 0.1) is 5.82 Å². The third kappa shape index (κ3) is 3.55. The molecule has 0 aliphatic carbocycles. The second-order valence-corrected chi connectivity index (χ2v) is 4.45. The Kier molecular flexibility index (Phi) is 3.80. The first-order valence-electron chi connectivity index (χ1n) is 5.98. The van der Waals surface area contributed by atoms with Crippen LogP contribution in [0.2, 0.25) is 0 Å². The van der Waals surface area contributed by atoms with Gasteiger partial charge in [0.1, 0.15) is 5.82 Å². The molecule has 2 aromatic rings. The Morgan fingerprint density at radius 2 is 1.63 bits per heavy atom. The quantitative estimate of drug-likeness (QED) is 0.826. The topological polar surface area (TPSA) is 69.1 Å². The maximum Gasteiger partial charge on any atom is 0.248 e. The largest absolute Gasteiger partial charge is 0.399 e. The van der Waals surface area contributed by atoms with E-state index in [0.29, 0.717) is 11.3 Å². The Morgan fingerprint density at radius 3 is 2.26 bits per heavy atom. The van der Waals surface area contributed by atoms with Crippen LogP contribution in [0.1, 0.15) is 21.5 Å². The van der Waals surface area contributed by atoms with Gasteiger partial charge in [-0.05, 0) is 54.3 Å². The van der Waals surface area contributed by atoms with E-state index in [4.69, 9.17) is 11.5 Å². The van der Waals surface area contributed by atoms with Gasteiger partial charge in [0.15, 0.2) is 0 Å². The molecule has 0 spiro atoms. The molecule has 0 aliphatic heterocycles. The number of rotatable bonds is 4. The molecule has 0 atom stereocenters. The molecule has 19 heavy (non-hydrogen) atoms. The van der Waals surface area contributed by atoms with Crippen LogP contribution in [-0.4, -0.2) is 5.91 Å². The number of aryl methyl sites for hydroxylation is 2. The maximum atomic E-state index is 12.8. The van der Waals surface area contributed by atoms with Crippen LogP contribution in [0.4, 0.5) is 10.1 Å². The third-order valence-electron chi connectivity index (χ3n) is 2.92. The summed E-state index contributed by atoms with van der Waals surface area (Å²) in [6.45, 7) is 0. The van der Waals surface area contributed by atoms with Crippen LogP contribution in [-0.2, 0) is 12.8 Å². The SMILES string of the molecule is NC(=O)c1cc(N)cc(CCc2ccc(F)cc2)c1. The minimum absolute atomic E-state index is 0.247. The lowest BCUT2D eigenvalue weighted by Crippen LogP contribution is -2.12. The Labute approximate surface area is 111 Å². The van der Waals surface area contributed by atoms with Gasteiger partial charge in [-0.25, -0.2) is 4.39 Å². The molecular formula is C15H15FN2O. The van der Waals surface area contributed by atoms with Crippen molar-refractivity contribution < 1.29 is 9.18 Å². The lowest BCUT2D eigenvalue weighted by molar-refractivity contribution is 0.1000. The molecule has 0 aromatic heterocycles. The van der Waals surface area contributed by atoms with Crippen molar-refractivity contribution in [1.29, 1.82) is 0 Å². The van der Waals surface area contributed by atoms with Crippen LogP contribution in [0.15, 0.2) is 42.5 Å². The molecule has 0 saturated heterocycles. The van der Waals surface area contributed by atoms with Crippen molar-refractivity contribution >= 4 is 11.6 Å². The molecule has 98 valence electrons. The lowest BCUT2D eigenvalue weighted by atomic mass is 10.0. The first-order valence-corrected chi connectivity index (χ1v) is 5.98. The van der Waals surface area contributed by atoms with Crippen LogP contribution in [0.25, 0.3) is 0 Å². The number of hydrogen-bond donors (Lipinski definition) is 2. The molecule has 0 aliphatic rings. The summed E-state index contributed by atoms with van der Waals surface area (Å²) in [5.74, 6) is -0.737. The highest BCUT2D eigenvalue weighted by Crippen LogP contribution is 2.14. The Bertz CT molecular complexity index is 594. The number of halogens is 1. The van der Waals surface area contributed by atoms with Crippen LogP contribution >= 0.6 is 0 Å². The monoisotopic (exact) mass is 258 g/mol. The van der Waals surface area contributed by atoms with Crippen LogP contribution in [0.5, 0.6) is 0 Å². The third-order valence-corrected chi connectivity index (χ3v) is 2.92. The van der Waals surface area contributed by atoms with Gasteiger partial charge < -0.3 is 11.5 Å². The number of hydrogen-bond acceptors (Lipinski definition) is 2. The van der Waals surface area contributed by atoms with Gasteiger partial charge >= 0.3 is 0 Å². The van der Waals surface area contributed by atoms with Crippen LogP contribution in [0.3, 0.4) is 0 Å². The molecular weight excluding hydrogens is 243 g/mol.